The van der Waals surface area contributed by atoms with Crippen molar-refractivity contribution in [2.45, 2.75) is 17.3 Å². The second-order valence-corrected chi connectivity index (χ2v) is 9.46. The van der Waals surface area contributed by atoms with Gasteiger partial charge in [0, 0.05) is 29.9 Å². The molecule has 0 saturated heterocycles. The Labute approximate surface area is 132 Å². The monoisotopic (exact) mass is 350 g/mol. The maximum atomic E-state index is 12.4. The zero-order valence-corrected chi connectivity index (χ0v) is 14.3. The van der Waals surface area contributed by atoms with Gasteiger partial charge in [-0.15, -0.1) is 22.7 Å². The first kappa shape index (κ1) is 15.9. The zero-order valence-electron chi connectivity index (χ0n) is 11.1. The number of hydrogen-bond acceptors (Lipinski definition) is 5. The lowest BCUT2D eigenvalue weighted by atomic mass is 10.5. The fourth-order valence-electron chi connectivity index (χ4n) is 1.66. The van der Waals surface area contributed by atoms with Gasteiger partial charge in [-0.2, -0.15) is 4.31 Å². The summed E-state index contributed by atoms with van der Waals surface area (Å²) in [6.07, 6.45) is 0. The molecule has 2 rings (SSSR count). The normalized spacial score (nSPS) is 12.2. The minimum atomic E-state index is -3.44. The zero-order chi connectivity index (χ0) is 14.8. The van der Waals surface area contributed by atoms with Crippen LogP contribution in [0.15, 0.2) is 28.5 Å². The molecule has 0 bridgehead atoms. The Kier molecular flexibility index (Phi) is 5.22. The molecule has 0 aromatic carbocycles. The highest BCUT2D eigenvalue weighted by Crippen LogP contribution is 2.27. The topological polar surface area (TPSA) is 49.4 Å². The third kappa shape index (κ3) is 3.60. The van der Waals surface area contributed by atoms with Crippen LogP contribution in [0.3, 0.4) is 0 Å². The predicted octanol–water partition coefficient (Wildman–Crippen LogP) is 3.00. The number of thiophene rings is 2. The number of nitrogens with zero attached hydrogens (tertiary/aromatic N) is 1. The second-order valence-electron chi connectivity index (χ2n) is 4.22. The molecule has 8 heteroatoms. The molecule has 0 radical (unpaired) electrons. The van der Waals surface area contributed by atoms with E-state index >= 15 is 0 Å². The second kappa shape index (κ2) is 6.55. The first-order valence-corrected chi connectivity index (χ1v) is 9.32. The lowest BCUT2D eigenvalue weighted by Crippen LogP contribution is -2.25. The maximum Gasteiger partial charge on any atom is 0.252 e. The molecule has 0 fully saturated rings. The van der Waals surface area contributed by atoms with E-state index in [-0.39, 0.29) is 0 Å². The average Bonchev–Trinajstić information content (AvgIpc) is 2.99. The van der Waals surface area contributed by atoms with Crippen LogP contribution in [-0.2, 0) is 23.1 Å². The molecule has 0 saturated carbocycles. The maximum absolute atomic E-state index is 12.4. The standard InChI is InChI=1S/C12H15ClN2O2S3/c1-14-7-9-4-6-12(19-9)20(16,17)15(2)8-10-3-5-11(13)18-10/h3-6,14H,7-8H2,1-2H3. The highest BCUT2D eigenvalue weighted by molar-refractivity contribution is 7.91. The SMILES string of the molecule is CNCc1ccc(S(=O)(=O)N(C)Cc2ccc(Cl)s2)s1. The van der Waals surface area contributed by atoms with Crippen LogP contribution in [0.25, 0.3) is 0 Å². The average molecular weight is 351 g/mol. The summed E-state index contributed by atoms with van der Waals surface area (Å²) in [6, 6.07) is 7.12. The van der Waals surface area contributed by atoms with E-state index in [9.17, 15) is 8.42 Å². The van der Waals surface area contributed by atoms with Gasteiger partial charge >= 0.3 is 0 Å². The summed E-state index contributed by atoms with van der Waals surface area (Å²) in [5, 5.41) is 3.01. The van der Waals surface area contributed by atoms with Gasteiger partial charge < -0.3 is 5.32 Å². The van der Waals surface area contributed by atoms with Crippen LogP contribution < -0.4 is 5.32 Å². The van der Waals surface area contributed by atoms with E-state index in [2.05, 4.69) is 5.32 Å². The van der Waals surface area contributed by atoms with Crippen LogP contribution in [0, 0.1) is 0 Å². The van der Waals surface area contributed by atoms with Crippen molar-refractivity contribution in [3.63, 3.8) is 0 Å². The fourth-order valence-corrected chi connectivity index (χ4v) is 5.61. The Morgan fingerprint density at radius 2 is 1.90 bits per heavy atom. The van der Waals surface area contributed by atoms with Crippen molar-refractivity contribution in [1.82, 2.24) is 9.62 Å². The number of halogens is 1. The molecule has 0 atom stereocenters. The summed E-state index contributed by atoms with van der Waals surface area (Å²) < 4.78 is 27.3. The molecule has 2 aromatic rings. The van der Waals surface area contributed by atoms with Gasteiger partial charge in [0.05, 0.1) is 4.34 Å². The van der Waals surface area contributed by atoms with Gasteiger partial charge in [-0.05, 0) is 31.3 Å². The molecular formula is C12H15ClN2O2S3. The molecule has 0 aliphatic heterocycles. The number of hydrogen-bond donors (Lipinski definition) is 1. The number of nitrogens with one attached hydrogen (secondary N) is 1. The van der Waals surface area contributed by atoms with Gasteiger partial charge in [-0.3, -0.25) is 0 Å². The lowest BCUT2D eigenvalue weighted by Gasteiger charge is -2.14. The van der Waals surface area contributed by atoms with E-state index in [0.29, 0.717) is 21.6 Å². The molecule has 4 nitrogen and oxygen atoms in total. The summed E-state index contributed by atoms with van der Waals surface area (Å²) in [4.78, 5) is 1.92. The van der Waals surface area contributed by atoms with E-state index in [4.69, 9.17) is 11.6 Å². The Hall–Kier alpha value is -0.440. The third-order valence-corrected chi connectivity index (χ3v) is 7.23. The first-order chi connectivity index (χ1) is 9.43. The highest BCUT2D eigenvalue weighted by atomic mass is 35.5. The molecule has 0 unspecified atom stereocenters. The molecule has 0 spiro atoms. The third-order valence-electron chi connectivity index (χ3n) is 2.66. The van der Waals surface area contributed by atoms with E-state index in [1.807, 2.05) is 19.2 Å². The molecule has 110 valence electrons. The Morgan fingerprint density at radius 1 is 1.20 bits per heavy atom. The van der Waals surface area contributed by atoms with Crippen molar-refractivity contribution >= 4 is 44.3 Å². The van der Waals surface area contributed by atoms with E-state index < -0.39 is 10.0 Å². The van der Waals surface area contributed by atoms with E-state index in [1.165, 1.54) is 27.0 Å². The van der Waals surface area contributed by atoms with Crippen LogP contribution in [0.1, 0.15) is 9.75 Å². The smallest absolute Gasteiger partial charge is 0.252 e. The van der Waals surface area contributed by atoms with Crippen LogP contribution in [0.2, 0.25) is 4.34 Å². The van der Waals surface area contributed by atoms with Gasteiger partial charge in [0.2, 0.25) is 0 Å². The molecular weight excluding hydrogens is 336 g/mol. The van der Waals surface area contributed by atoms with E-state index in [0.717, 1.165) is 9.75 Å². The Morgan fingerprint density at radius 3 is 2.50 bits per heavy atom. The number of sulfonamides is 1. The number of rotatable bonds is 6. The Bertz CT molecular complexity index is 678. The van der Waals surface area contributed by atoms with Crippen molar-refractivity contribution in [3.8, 4) is 0 Å². The first-order valence-electron chi connectivity index (χ1n) is 5.87. The molecule has 1 N–H and O–H groups in total. The quantitative estimate of drug-likeness (QED) is 0.871. The van der Waals surface area contributed by atoms with Crippen LogP contribution in [-0.4, -0.2) is 26.8 Å². The van der Waals surface area contributed by atoms with Gasteiger partial charge in [-0.1, -0.05) is 11.6 Å². The van der Waals surface area contributed by atoms with Crippen molar-refractivity contribution in [3.05, 3.63) is 38.4 Å². The van der Waals surface area contributed by atoms with Crippen molar-refractivity contribution in [2.24, 2.45) is 0 Å². The summed E-state index contributed by atoms with van der Waals surface area (Å²) in [5.74, 6) is 0. The van der Waals surface area contributed by atoms with Crippen LogP contribution in [0.4, 0.5) is 0 Å². The van der Waals surface area contributed by atoms with Crippen molar-refractivity contribution in [1.29, 1.82) is 0 Å². The van der Waals surface area contributed by atoms with Crippen molar-refractivity contribution in [2.75, 3.05) is 14.1 Å². The minimum Gasteiger partial charge on any atom is -0.315 e. The van der Waals surface area contributed by atoms with Crippen LogP contribution in [0.5, 0.6) is 0 Å². The summed E-state index contributed by atoms with van der Waals surface area (Å²) in [5.41, 5.74) is 0. The van der Waals surface area contributed by atoms with E-state index in [1.54, 1.807) is 19.2 Å². The summed E-state index contributed by atoms with van der Waals surface area (Å²) in [6.45, 7) is 1.00. The molecule has 0 aliphatic rings. The Balaban J connectivity index is 2.15. The molecule has 2 heterocycles. The summed E-state index contributed by atoms with van der Waals surface area (Å²) >= 11 is 8.55. The van der Waals surface area contributed by atoms with Gasteiger partial charge in [0.15, 0.2) is 0 Å². The van der Waals surface area contributed by atoms with Crippen LogP contribution >= 0.6 is 34.3 Å². The molecule has 0 aliphatic carbocycles. The summed E-state index contributed by atoms with van der Waals surface area (Å²) in [7, 11) is -0.0201. The van der Waals surface area contributed by atoms with Crippen molar-refractivity contribution < 1.29 is 8.42 Å². The van der Waals surface area contributed by atoms with Gasteiger partial charge in [-0.25, -0.2) is 8.42 Å². The molecule has 20 heavy (non-hydrogen) atoms. The molecule has 2 aromatic heterocycles. The van der Waals surface area contributed by atoms with Gasteiger partial charge in [0.1, 0.15) is 4.21 Å². The minimum absolute atomic E-state index is 0.332. The largest absolute Gasteiger partial charge is 0.315 e. The fraction of sp³-hybridized carbons (Fsp3) is 0.333. The highest BCUT2D eigenvalue weighted by Gasteiger charge is 2.23. The predicted molar refractivity (Wildman–Crippen MR) is 85.1 cm³/mol. The van der Waals surface area contributed by atoms with Gasteiger partial charge in [0.25, 0.3) is 10.0 Å². The lowest BCUT2D eigenvalue weighted by molar-refractivity contribution is 0.471. The molecule has 0 amide bonds.